The maximum atomic E-state index is 14.5. The normalized spacial score (nSPS) is 22.6. The van der Waals surface area contributed by atoms with E-state index in [2.05, 4.69) is 36.7 Å². The highest BCUT2D eigenvalue weighted by Crippen LogP contribution is 2.29. The Labute approximate surface area is 351 Å². The summed E-state index contributed by atoms with van der Waals surface area (Å²) in [5, 5.41) is 9.16. The lowest BCUT2D eigenvalue weighted by Crippen LogP contribution is -2.57. The van der Waals surface area contributed by atoms with Gasteiger partial charge in [-0.1, -0.05) is 84.3 Å². The second kappa shape index (κ2) is 22.5. The molecule has 0 radical (unpaired) electrons. The zero-order valence-electron chi connectivity index (χ0n) is 36.1. The third-order valence-corrected chi connectivity index (χ3v) is 15.8. The molecule has 1 aliphatic heterocycles. The van der Waals surface area contributed by atoms with Crippen molar-refractivity contribution in [2.45, 2.75) is 118 Å². The number of carbonyl (C=O) groups is 4. The van der Waals surface area contributed by atoms with Crippen molar-refractivity contribution in [3.63, 3.8) is 0 Å². The lowest BCUT2D eigenvalue weighted by molar-refractivity contribution is -0.158. The van der Waals surface area contributed by atoms with Crippen LogP contribution in [0.2, 0.25) is 23.2 Å². The van der Waals surface area contributed by atoms with Gasteiger partial charge in [0.25, 0.3) is 0 Å². The van der Waals surface area contributed by atoms with Crippen LogP contribution in [0.5, 0.6) is 11.5 Å². The third kappa shape index (κ3) is 14.7. The van der Waals surface area contributed by atoms with Crippen LogP contribution in [-0.2, 0) is 46.1 Å². The fourth-order valence-corrected chi connectivity index (χ4v) is 9.76. The maximum Gasteiger partial charge on any atom is 0.328 e. The molecule has 0 fully saturated rings. The van der Waals surface area contributed by atoms with Crippen LogP contribution in [-0.4, -0.2) is 84.2 Å². The molecule has 58 heavy (non-hydrogen) atoms. The molecule has 1 unspecified atom stereocenters. The number of hydrogen-bond acceptors (Lipinski definition) is 9. The van der Waals surface area contributed by atoms with Gasteiger partial charge in [0.1, 0.15) is 29.7 Å². The van der Waals surface area contributed by atoms with Crippen LogP contribution in [0.4, 0.5) is 0 Å². The molecule has 0 saturated carbocycles. The quantitative estimate of drug-likeness (QED) is 0.118. The van der Waals surface area contributed by atoms with Crippen LogP contribution in [0.15, 0.2) is 54.6 Å². The summed E-state index contributed by atoms with van der Waals surface area (Å²) in [5.74, 6) is -1.13. The molecule has 12 nitrogen and oxygen atoms in total. The fraction of sp³-hybridized carbons (Fsp3) is 0.591. The smallest absolute Gasteiger partial charge is 0.328 e. The summed E-state index contributed by atoms with van der Waals surface area (Å²) in [5.41, 5.74) is -0.0164. The minimum absolute atomic E-state index is 0.0250. The van der Waals surface area contributed by atoms with Crippen molar-refractivity contribution < 1.29 is 42.6 Å². The number of methoxy groups -OCH3 is 2. The van der Waals surface area contributed by atoms with E-state index in [1.165, 1.54) is 13.2 Å². The predicted octanol–water partition coefficient (Wildman–Crippen LogP) is 7.17. The Balaban J connectivity index is 2.02. The van der Waals surface area contributed by atoms with Gasteiger partial charge in [-0.3, -0.25) is 14.4 Å². The van der Waals surface area contributed by atoms with Crippen LogP contribution in [0.1, 0.15) is 79.4 Å². The second-order valence-electron chi connectivity index (χ2n) is 16.8. The molecule has 0 saturated heterocycles. The number of rotatable bonds is 16. The van der Waals surface area contributed by atoms with Crippen LogP contribution < -0.4 is 25.4 Å². The molecule has 0 bridgehead atoms. The molecule has 0 spiro atoms. The summed E-state index contributed by atoms with van der Waals surface area (Å²) in [6, 6.07) is 13.3. The highest BCUT2D eigenvalue weighted by atomic mass is 35.5. The van der Waals surface area contributed by atoms with E-state index in [1.807, 2.05) is 52.0 Å². The third-order valence-electron chi connectivity index (χ3n) is 10.9. The number of ether oxygens (including phenoxy) is 4. The number of cyclic esters (lactones) is 1. The van der Waals surface area contributed by atoms with Gasteiger partial charge in [0.2, 0.25) is 17.7 Å². The second-order valence-corrected chi connectivity index (χ2v) is 22.0. The molecular formula is C44H66ClN3O9Si. The summed E-state index contributed by atoms with van der Waals surface area (Å²) in [6.07, 6.45) is 2.84. The summed E-state index contributed by atoms with van der Waals surface area (Å²) < 4.78 is 29.5. The molecule has 0 aromatic heterocycles. The Bertz CT molecular complexity index is 1690. The topological polar surface area (TPSA) is 151 Å². The van der Waals surface area contributed by atoms with E-state index in [0.717, 1.165) is 29.4 Å². The molecular weight excluding hydrogens is 778 g/mol. The van der Waals surface area contributed by atoms with E-state index < -0.39 is 55.6 Å². The SMILES string of the molecule is CC[Si](CC)(CC)OCC1(C)CNC(=O)[C@@H](Cc2ccc(OC)c(Cl)c2)NC(=O)/C=C\C[C@@H]([C@H](C)COCc2ccc(OC)cc2)OC(=O)[C@H](CC(C)(C)C)NC1=O. The first-order chi connectivity index (χ1) is 27.4. The van der Waals surface area contributed by atoms with Crippen LogP contribution >= 0.6 is 11.6 Å². The predicted molar refractivity (Wildman–Crippen MR) is 229 cm³/mol. The van der Waals surface area contributed by atoms with E-state index in [0.29, 0.717) is 22.9 Å². The number of halogens is 1. The van der Waals surface area contributed by atoms with Gasteiger partial charge < -0.3 is 39.3 Å². The average Bonchev–Trinajstić information content (AvgIpc) is 3.19. The van der Waals surface area contributed by atoms with E-state index >= 15 is 0 Å². The minimum atomic E-state index is -2.20. The van der Waals surface area contributed by atoms with Crippen molar-refractivity contribution in [3.05, 3.63) is 70.8 Å². The summed E-state index contributed by atoms with van der Waals surface area (Å²) >= 11 is 6.43. The standard InChI is InChI=1S/C44H66ClN3O9Si/c1-11-58(12-2,13-3)56-29-44(8)28-46-40(50)35(24-32-19-22-38(54-10)34(45)23-32)47-39(49)16-14-15-37(57-41(51)36(48-42(44)52)25-43(5,6)7)30(4)26-55-27-31-17-20-33(53-9)21-18-31/h14,16-23,30,35-37H,11-13,15,24-29H2,1-10H3,(H,46,50)(H,47,49)(H,48,52)/b16-14-/t30-,35-,36+,37+,44?/m1/s1. The number of carbonyl (C=O) groups excluding carboxylic acids is 4. The Morgan fingerprint density at radius 1 is 0.931 bits per heavy atom. The van der Waals surface area contributed by atoms with E-state index in [9.17, 15) is 19.2 Å². The fourth-order valence-electron chi connectivity index (χ4n) is 6.74. The maximum absolute atomic E-state index is 14.5. The molecule has 322 valence electrons. The van der Waals surface area contributed by atoms with Gasteiger partial charge in [-0.25, -0.2) is 4.79 Å². The van der Waals surface area contributed by atoms with Crippen LogP contribution in [0.3, 0.4) is 0 Å². The summed E-state index contributed by atoms with van der Waals surface area (Å²) in [7, 11) is 0.929. The van der Waals surface area contributed by atoms with Gasteiger partial charge in [0.15, 0.2) is 8.32 Å². The number of benzene rings is 2. The first-order valence-electron chi connectivity index (χ1n) is 20.3. The van der Waals surface area contributed by atoms with Gasteiger partial charge in [-0.2, -0.15) is 0 Å². The van der Waals surface area contributed by atoms with Gasteiger partial charge in [-0.05, 0) is 78.4 Å². The zero-order chi connectivity index (χ0) is 43.1. The lowest BCUT2D eigenvalue weighted by atomic mass is 9.86. The number of nitrogens with one attached hydrogen (secondary N) is 3. The first-order valence-corrected chi connectivity index (χ1v) is 23.2. The molecule has 1 heterocycles. The first kappa shape index (κ1) is 48.5. The van der Waals surface area contributed by atoms with E-state index in [-0.39, 0.29) is 50.4 Å². The van der Waals surface area contributed by atoms with Crippen LogP contribution in [0.25, 0.3) is 0 Å². The minimum Gasteiger partial charge on any atom is -0.497 e. The summed E-state index contributed by atoms with van der Waals surface area (Å²) in [4.78, 5) is 56.2. The largest absolute Gasteiger partial charge is 0.497 e. The molecule has 2 aromatic rings. The van der Waals surface area contributed by atoms with Gasteiger partial charge in [0.05, 0.1) is 37.9 Å². The Morgan fingerprint density at radius 3 is 2.17 bits per heavy atom. The number of amides is 3. The molecule has 5 atom stereocenters. The van der Waals surface area contributed by atoms with Crippen molar-refractivity contribution in [2.24, 2.45) is 16.7 Å². The lowest BCUT2D eigenvalue weighted by Gasteiger charge is -2.37. The van der Waals surface area contributed by atoms with E-state index in [4.69, 9.17) is 35.0 Å². The number of hydrogen-bond donors (Lipinski definition) is 3. The van der Waals surface area contributed by atoms with Crippen molar-refractivity contribution >= 4 is 43.6 Å². The molecule has 3 rings (SSSR count). The molecule has 14 heteroatoms. The monoisotopic (exact) mass is 843 g/mol. The molecule has 2 aromatic carbocycles. The molecule has 0 aliphatic carbocycles. The zero-order valence-corrected chi connectivity index (χ0v) is 37.9. The molecule has 3 amide bonds. The van der Waals surface area contributed by atoms with Crippen molar-refractivity contribution in [1.29, 1.82) is 0 Å². The Kier molecular flexibility index (Phi) is 18.8. The summed E-state index contributed by atoms with van der Waals surface area (Å²) in [6.45, 7) is 16.4. The average molecular weight is 845 g/mol. The van der Waals surface area contributed by atoms with Crippen molar-refractivity contribution in [2.75, 3.05) is 34.0 Å². The van der Waals surface area contributed by atoms with Gasteiger partial charge in [-0.15, -0.1) is 0 Å². The molecule has 1 aliphatic rings. The number of esters is 1. The van der Waals surface area contributed by atoms with Gasteiger partial charge >= 0.3 is 5.97 Å². The Morgan fingerprint density at radius 2 is 1.59 bits per heavy atom. The van der Waals surface area contributed by atoms with Crippen LogP contribution in [0, 0.1) is 16.7 Å². The van der Waals surface area contributed by atoms with Gasteiger partial charge in [0, 0.05) is 31.9 Å². The highest BCUT2D eigenvalue weighted by molar-refractivity contribution is 6.73. The van der Waals surface area contributed by atoms with E-state index in [1.54, 1.807) is 38.3 Å². The Hall–Kier alpha value is -3.91. The highest BCUT2D eigenvalue weighted by Gasteiger charge is 2.42. The van der Waals surface area contributed by atoms with Crippen molar-refractivity contribution in [1.82, 2.24) is 16.0 Å². The van der Waals surface area contributed by atoms with Crippen molar-refractivity contribution in [3.8, 4) is 11.5 Å². The molecule has 3 N–H and O–H groups in total.